The molecule has 0 aromatic carbocycles. The lowest BCUT2D eigenvalue weighted by Gasteiger charge is -2.36. The van der Waals surface area contributed by atoms with E-state index in [1.54, 1.807) is 0 Å². The average molecular weight is 208 g/mol. The Bertz CT molecular complexity index is 369. The van der Waals surface area contributed by atoms with Gasteiger partial charge in [-0.3, -0.25) is 0 Å². The van der Waals surface area contributed by atoms with Crippen LogP contribution in [0.1, 0.15) is 32.9 Å². The molecule has 15 heavy (non-hydrogen) atoms. The van der Waals surface area contributed by atoms with Crippen LogP contribution in [0.5, 0.6) is 0 Å². The molecule has 1 aromatic heterocycles. The summed E-state index contributed by atoms with van der Waals surface area (Å²) in [5.41, 5.74) is 2.40. The number of hydrogen-bond acceptors (Lipinski definition) is 3. The Kier molecular flexibility index (Phi) is 2.37. The van der Waals surface area contributed by atoms with Gasteiger partial charge >= 0.3 is 0 Å². The van der Waals surface area contributed by atoms with Gasteiger partial charge in [0.2, 0.25) is 0 Å². The van der Waals surface area contributed by atoms with E-state index in [0.29, 0.717) is 0 Å². The van der Waals surface area contributed by atoms with E-state index in [0.717, 1.165) is 31.0 Å². The van der Waals surface area contributed by atoms with Crippen LogP contribution in [0.4, 0.5) is 11.5 Å². The summed E-state index contributed by atoms with van der Waals surface area (Å²) in [6, 6.07) is 0. The van der Waals surface area contributed by atoms with E-state index in [-0.39, 0.29) is 5.54 Å². The summed E-state index contributed by atoms with van der Waals surface area (Å²) >= 11 is 0. The van der Waals surface area contributed by atoms with Gasteiger partial charge in [-0.1, -0.05) is 6.92 Å². The summed E-state index contributed by atoms with van der Waals surface area (Å²) in [6.07, 6.45) is 1.10. The second-order valence-corrected chi connectivity index (χ2v) is 4.52. The molecule has 1 unspecified atom stereocenters. The van der Waals surface area contributed by atoms with Crippen molar-refractivity contribution in [1.29, 1.82) is 0 Å². The Morgan fingerprint density at radius 3 is 2.80 bits per heavy atom. The second kappa shape index (κ2) is 3.43. The van der Waals surface area contributed by atoms with E-state index in [9.17, 15) is 0 Å². The van der Waals surface area contributed by atoms with Crippen LogP contribution in [0.15, 0.2) is 0 Å². The number of aryl methyl sites for hydroxylation is 2. The molecule has 0 radical (unpaired) electrons. The predicted octanol–water partition coefficient (Wildman–Crippen LogP) is 2.22. The molecule has 4 heteroatoms. The highest BCUT2D eigenvalue weighted by atomic mass is 15.4. The Morgan fingerprint density at radius 1 is 1.47 bits per heavy atom. The lowest BCUT2D eigenvalue weighted by atomic mass is 9.96. The fourth-order valence-corrected chi connectivity index (χ4v) is 1.98. The molecular formula is C11H20N4. The molecule has 0 fully saturated rings. The maximum atomic E-state index is 4.50. The van der Waals surface area contributed by atoms with Crippen LogP contribution in [-0.2, 0) is 6.54 Å². The molecule has 0 saturated heterocycles. The van der Waals surface area contributed by atoms with E-state index in [4.69, 9.17) is 0 Å². The smallest absolute Gasteiger partial charge is 0.148 e. The number of hydrogen-bond donors (Lipinski definition) is 2. The molecular weight excluding hydrogens is 188 g/mol. The first-order chi connectivity index (χ1) is 7.09. The van der Waals surface area contributed by atoms with Crippen molar-refractivity contribution in [2.24, 2.45) is 0 Å². The number of rotatable bonds is 2. The number of nitrogens with one attached hydrogen (secondary N) is 2. The standard InChI is InChI=1S/C11H20N4/c1-5-11(4)7-12-9-8(3)14-15(6-2)10(9)13-11/h12-13H,5-7H2,1-4H3. The third kappa shape index (κ3) is 1.58. The van der Waals surface area contributed by atoms with E-state index in [1.165, 1.54) is 5.69 Å². The van der Waals surface area contributed by atoms with Gasteiger partial charge in [-0.15, -0.1) is 0 Å². The summed E-state index contributed by atoms with van der Waals surface area (Å²) in [5, 5.41) is 11.6. The lowest BCUT2D eigenvalue weighted by molar-refractivity contribution is 0.502. The third-order valence-electron chi connectivity index (χ3n) is 3.28. The van der Waals surface area contributed by atoms with Crippen molar-refractivity contribution in [3.63, 3.8) is 0 Å². The van der Waals surface area contributed by atoms with Crippen molar-refractivity contribution in [2.75, 3.05) is 17.2 Å². The number of anilines is 2. The molecule has 0 aliphatic carbocycles. The van der Waals surface area contributed by atoms with Gasteiger partial charge in [0.05, 0.1) is 11.2 Å². The molecule has 84 valence electrons. The van der Waals surface area contributed by atoms with Gasteiger partial charge in [0, 0.05) is 13.1 Å². The van der Waals surface area contributed by atoms with Crippen molar-refractivity contribution in [3.05, 3.63) is 5.69 Å². The Balaban J connectivity index is 2.39. The number of fused-ring (bicyclic) bond motifs is 1. The van der Waals surface area contributed by atoms with Crippen molar-refractivity contribution < 1.29 is 0 Å². The van der Waals surface area contributed by atoms with Crippen LogP contribution in [0.25, 0.3) is 0 Å². The molecule has 0 amide bonds. The molecule has 1 aromatic rings. The van der Waals surface area contributed by atoms with E-state index in [1.807, 2.05) is 11.6 Å². The molecule has 1 atom stereocenters. The zero-order valence-electron chi connectivity index (χ0n) is 10.0. The molecule has 0 saturated carbocycles. The quantitative estimate of drug-likeness (QED) is 0.783. The Hall–Kier alpha value is -1.19. The monoisotopic (exact) mass is 208 g/mol. The fourth-order valence-electron chi connectivity index (χ4n) is 1.98. The first kappa shape index (κ1) is 10.3. The summed E-state index contributed by atoms with van der Waals surface area (Å²) in [6.45, 7) is 10.5. The van der Waals surface area contributed by atoms with Crippen LogP contribution in [-0.4, -0.2) is 21.9 Å². The molecule has 1 aliphatic rings. The minimum absolute atomic E-state index is 0.145. The highest BCUT2D eigenvalue weighted by Gasteiger charge is 2.30. The van der Waals surface area contributed by atoms with Gasteiger partial charge in [-0.05, 0) is 27.2 Å². The van der Waals surface area contributed by atoms with Crippen LogP contribution in [0, 0.1) is 6.92 Å². The largest absolute Gasteiger partial charge is 0.378 e. The maximum absolute atomic E-state index is 4.50. The minimum Gasteiger partial charge on any atom is -0.378 e. The van der Waals surface area contributed by atoms with E-state index in [2.05, 4.69) is 36.5 Å². The van der Waals surface area contributed by atoms with Crippen LogP contribution in [0.3, 0.4) is 0 Å². The molecule has 2 heterocycles. The summed E-state index contributed by atoms with van der Waals surface area (Å²) < 4.78 is 2.03. The van der Waals surface area contributed by atoms with Gasteiger partial charge < -0.3 is 10.6 Å². The SMILES string of the molecule is CCn1nc(C)c2c1NC(C)(CC)CN2. The number of nitrogens with zero attached hydrogens (tertiary/aromatic N) is 2. The molecule has 1 aliphatic heterocycles. The first-order valence-corrected chi connectivity index (χ1v) is 5.69. The minimum atomic E-state index is 0.145. The van der Waals surface area contributed by atoms with Gasteiger partial charge in [0.1, 0.15) is 11.5 Å². The normalized spacial score (nSPS) is 24.3. The van der Waals surface area contributed by atoms with Gasteiger partial charge in [-0.25, -0.2) is 4.68 Å². The molecule has 2 N–H and O–H groups in total. The zero-order chi connectivity index (χ0) is 11.1. The maximum Gasteiger partial charge on any atom is 0.148 e. The van der Waals surface area contributed by atoms with E-state index < -0.39 is 0 Å². The van der Waals surface area contributed by atoms with Gasteiger partial charge in [-0.2, -0.15) is 5.10 Å². The average Bonchev–Trinajstić information content (AvgIpc) is 2.55. The van der Waals surface area contributed by atoms with Gasteiger partial charge in [0.15, 0.2) is 0 Å². The predicted molar refractivity (Wildman–Crippen MR) is 63.4 cm³/mol. The second-order valence-electron chi connectivity index (χ2n) is 4.52. The highest BCUT2D eigenvalue weighted by Crippen LogP contribution is 2.33. The summed E-state index contributed by atoms with van der Waals surface area (Å²) in [5.74, 6) is 1.14. The zero-order valence-corrected chi connectivity index (χ0v) is 10.0. The third-order valence-corrected chi connectivity index (χ3v) is 3.28. The molecule has 4 nitrogen and oxygen atoms in total. The van der Waals surface area contributed by atoms with Crippen molar-refractivity contribution in [1.82, 2.24) is 9.78 Å². The molecule has 2 rings (SSSR count). The summed E-state index contributed by atoms with van der Waals surface area (Å²) in [7, 11) is 0. The first-order valence-electron chi connectivity index (χ1n) is 5.69. The Labute approximate surface area is 91.1 Å². The Morgan fingerprint density at radius 2 is 2.20 bits per heavy atom. The van der Waals surface area contributed by atoms with E-state index >= 15 is 0 Å². The van der Waals surface area contributed by atoms with Gasteiger partial charge in [0.25, 0.3) is 0 Å². The van der Waals surface area contributed by atoms with Crippen molar-refractivity contribution >= 4 is 11.5 Å². The molecule has 0 bridgehead atoms. The van der Waals surface area contributed by atoms with Crippen LogP contribution < -0.4 is 10.6 Å². The summed E-state index contributed by atoms with van der Waals surface area (Å²) in [4.78, 5) is 0. The lowest BCUT2D eigenvalue weighted by Crippen LogP contribution is -2.45. The van der Waals surface area contributed by atoms with Crippen LogP contribution in [0.2, 0.25) is 0 Å². The fraction of sp³-hybridized carbons (Fsp3) is 0.727. The van der Waals surface area contributed by atoms with Crippen molar-refractivity contribution in [3.8, 4) is 0 Å². The topological polar surface area (TPSA) is 41.9 Å². The van der Waals surface area contributed by atoms with Crippen LogP contribution >= 0.6 is 0 Å². The van der Waals surface area contributed by atoms with Crippen molar-refractivity contribution in [2.45, 2.75) is 46.2 Å². The molecule has 0 spiro atoms. The highest BCUT2D eigenvalue weighted by molar-refractivity contribution is 5.71. The number of aromatic nitrogens is 2.